The molecule has 7 nitrogen and oxygen atoms in total. The van der Waals surface area contributed by atoms with E-state index in [1.54, 1.807) is 18.9 Å². The Morgan fingerprint density at radius 3 is 2.35 bits per heavy atom. The van der Waals surface area contributed by atoms with Gasteiger partial charge < -0.3 is 14.8 Å². The molecule has 0 bridgehead atoms. The van der Waals surface area contributed by atoms with E-state index in [2.05, 4.69) is 16.1 Å². The summed E-state index contributed by atoms with van der Waals surface area (Å²) < 4.78 is 14.8. The number of para-hydroxylation sites is 1. The van der Waals surface area contributed by atoms with Crippen LogP contribution in [0.5, 0.6) is 11.5 Å². The minimum absolute atomic E-state index is 0.0851. The summed E-state index contributed by atoms with van der Waals surface area (Å²) in [4.78, 5) is 18.7. The molecule has 7 heteroatoms. The van der Waals surface area contributed by atoms with E-state index in [1.165, 1.54) is 0 Å². The topological polar surface area (TPSA) is 69.8 Å². The Kier molecular flexibility index (Phi) is 4.81. The molecule has 2 heterocycles. The molecule has 1 fully saturated rings. The first-order chi connectivity index (χ1) is 15.1. The van der Waals surface area contributed by atoms with Crippen LogP contribution in [0.2, 0.25) is 0 Å². The van der Waals surface area contributed by atoms with Crippen LogP contribution >= 0.6 is 0 Å². The summed E-state index contributed by atoms with van der Waals surface area (Å²) in [7, 11) is 5.09. The number of nitrogens with zero attached hydrogens (tertiary/aromatic N) is 3. The minimum Gasteiger partial charge on any atom is -0.497 e. The largest absolute Gasteiger partial charge is 0.497 e. The van der Waals surface area contributed by atoms with E-state index in [-0.39, 0.29) is 11.6 Å². The molecule has 0 spiro atoms. The van der Waals surface area contributed by atoms with Gasteiger partial charge in [-0.3, -0.25) is 14.5 Å². The zero-order valence-corrected chi connectivity index (χ0v) is 18.0. The molecule has 0 radical (unpaired) electrons. The first-order valence-corrected chi connectivity index (χ1v) is 10.6. The van der Waals surface area contributed by atoms with Gasteiger partial charge in [-0.25, -0.2) is 4.68 Å². The Bertz CT molecular complexity index is 1210. The lowest BCUT2D eigenvalue weighted by molar-refractivity contribution is 0.275. The molecular formula is C24H26N4O3. The molecule has 3 aromatic rings. The Labute approximate surface area is 180 Å². The number of methoxy groups -OCH3 is 2. The molecule has 2 aromatic carbocycles. The maximum Gasteiger partial charge on any atom is 0.282 e. The number of hydrogen-bond acceptors (Lipinski definition) is 5. The zero-order valence-electron chi connectivity index (χ0n) is 18.0. The number of ether oxygens (including phenoxy) is 2. The first-order valence-electron chi connectivity index (χ1n) is 10.6. The van der Waals surface area contributed by atoms with E-state index < -0.39 is 0 Å². The number of aliphatic imine (C=N–C) groups is 1. The van der Waals surface area contributed by atoms with Crippen molar-refractivity contribution in [3.05, 3.63) is 63.9 Å². The van der Waals surface area contributed by atoms with E-state index in [0.29, 0.717) is 29.2 Å². The summed E-state index contributed by atoms with van der Waals surface area (Å²) in [5.41, 5.74) is 4.14. The Hall–Kier alpha value is -3.48. The van der Waals surface area contributed by atoms with Crippen LogP contribution in [0.1, 0.15) is 36.4 Å². The second-order valence-corrected chi connectivity index (χ2v) is 7.95. The van der Waals surface area contributed by atoms with Crippen molar-refractivity contribution >= 4 is 17.2 Å². The Morgan fingerprint density at radius 2 is 1.77 bits per heavy atom. The normalized spacial score (nSPS) is 15.3. The lowest BCUT2D eigenvalue weighted by atomic mass is 9.93. The van der Waals surface area contributed by atoms with Crippen LogP contribution in [0, 0.1) is 0 Å². The highest BCUT2D eigenvalue weighted by Gasteiger charge is 2.32. The number of aromatic nitrogens is 2. The predicted molar refractivity (Wildman–Crippen MR) is 122 cm³/mol. The monoisotopic (exact) mass is 418 g/mol. The van der Waals surface area contributed by atoms with Gasteiger partial charge in [0.25, 0.3) is 5.56 Å². The summed E-state index contributed by atoms with van der Waals surface area (Å²) in [5.74, 6) is 2.09. The molecule has 160 valence electrons. The molecule has 0 atom stereocenters. The van der Waals surface area contributed by atoms with Crippen LogP contribution in [-0.4, -0.2) is 36.3 Å². The molecule has 5 rings (SSSR count). The fraction of sp³-hybridized carbons (Fsp3) is 0.333. The van der Waals surface area contributed by atoms with Crippen molar-refractivity contribution in [2.24, 2.45) is 4.99 Å². The van der Waals surface area contributed by atoms with Gasteiger partial charge in [-0.2, -0.15) is 0 Å². The number of nitrogens with one attached hydrogen (secondary N) is 1. The maximum atomic E-state index is 13.9. The average Bonchev–Trinajstić information content (AvgIpc) is 3.30. The summed E-state index contributed by atoms with van der Waals surface area (Å²) in [6.45, 7) is 0. The second kappa shape index (κ2) is 7.65. The van der Waals surface area contributed by atoms with Gasteiger partial charge in [-0.05, 0) is 30.9 Å². The molecule has 2 aliphatic rings. The highest BCUT2D eigenvalue weighted by Crippen LogP contribution is 2.38. The molecule has 1 saturated carbocycles. The zero-order chi connectivity index (χ0) is 21.5. The van der Waals surface area contributed by atoms with Crippen LogP contribution < -0.4 is 20.3 Å². The molecule has 1 aromatic heterocycles. The fourth-order valence-electron chi connectivity index (χ4n) is 4.43. The predicted octanol–water partition coefficient (Wildman–Crippen LogP) is 4.10. The SMILES string of the molecule is CNc1c(C2=Nc3ccccc3C2)c(=O)n(-c2cc(OC)cc(OC)c2)n1C1CCC1. The van der Waals surface area contributed by atoms with E-state index >= 15 is 0 Å². The van der Waals surface area contributed by atoms with Crippen molar-refractivity contribution in [3.8, 4) is 17.2 Å². The Balaban J connectivity index is 1.74. The maximum absolute atomic E-state index is 13.9. The second-order valence-electron chi connectivity index (χ2n) is 7.95. The van der Waals surface area contributed by atoms with Crippen molar-refractivity contribution in [1.82, 2.24) is 9.36 Å². The molecule has 1 aliphatic carbocycles. The van der Waals surface area contributed by atoms with E-state index in [0.717, 1.165) is 42.0 Å². The van der Waals surface area contributed by atoms with Gasteiger partial charge in [0.05, 0.1) is 37.3 Å². The van der Waals surface area contributed by atoms with Gasteiger partial charge in [-0.1, -0.05) is 18.2 Å². The van der Waals surface area contributed by atoms with Crippen molar-refractivity contribution in [3.63, 3.8) is 0 Å². The third kappa shape index (κ3) is 3.12. The van der Waals surface area contributed by atoms with Gasteiger partial charge >= 0.3 is 0 Å². The molecule has 1 aliphatic heterocycles. The van der Waals surface area contributed by atoms with Gasteiger partial charge in [0.2, 0.25) is 0 Å². The number of hydrogen-bond donors (Lipinski definition) is 1. The highest BCUT2D eigenvalue weighted by molar-refractivity contribution is 6.09. The summed E-state index contributed by atoms with van der Waals surface area (Å²) in [6, 6.07) is 13.9. The van der Waals surface area contributed by atoms with Gasteiger partial charge in [0.1, 0.15) is 22.9 Å². The van der Waals surface area contributed by atoms with Gasteiger partial charge in [0.15, 0.2) is 0 Å². The quantitative estimate of drug-likeness (QED) is 0.654. The van der Waals surface area contributed by atoms with Crippen LogP contribution in [0.25, 0.3) is 5.69 Å². The standard InChI is InChI=1S/C24H26N4O3/c1-25-23-22(21-11-15-7-4-5-10-20(15)26-21)24(29)28(27(23)16-8-6-9-16)17-12-18(30-2)14-19(13-17)31-3/h4-5,7,10,12-14,16,25H,6,8-9,11H2,1-3H3. The van der Waals surface area contributed by atoms with Crippen LogP contribution in [0.4, 0.5) is 11.5 Å². The molecule has 1 N–H and O–H groups in total. The molecule has 0 amide bonds. The number of fused-ring (bicyclic) bond motifs is 1. The third-order valence-electron chi connectivity index (χ3n) is 6.22. The van der Waals surface area contributed by atoms with Crippen molar-refractivity contribution in [2.45, 2.75) is 31.7 Å². The Morgan fingerprint density at radius 1 is 1.06 bits per heavy atom. The van der Waals surface area contributed by atoms with E-state index in [1.807, 2.05) is 43.4 Å². The molecule has 0 saturated heterocycles. The summed E-state index contributed by atoms with van der Waals surface area (Å²) in [6.07, 6.45) is 3.88. The minimum atomic E-state index is -0.0851. The molecular weight excluding hydrogens is 392 g/mol. The lowest BCUT2D eigenvalue weighted by Crippen LogP contribution is -2.29. The lowest BCUT2D eigenvalue weighted by Gasteiger charge is -2.31. The van der Waals surface area contributed by atoms with Crippen LogP contribution in [0.15, 0.2) is 52.3 Å². The third-order valence-corrected chi connectivity index (χ3v) is 6.22. The number of rotatable bonds is 6. The highest BCUT2D eigenvalue weighted by atomic mass is 16.5. The number of benzene rings is 2. The molecule has 0 unspecified atom stereocenters. The van der Waals surface area contributed by atoms with Crippen molar-refractivity contribution < 1.29 is 9.47 Å². The van der Waals surface area contributed by atoms with Crippen molar-refractivity contribution in [1.29, 1.82) is 0 Å². The van der Waals surface area contributed by atoms with Gasteiger partial charge in [-0.15, -0.1) is 0 Å². The summed E-state index contributed by atoms with van der Waals surface area (Å²) in [5, 5.41) is 3.30. The number of anilines is 1. The fourth-order valence-corrected chi connectivity index (χ4v) is 4.43. The molecule has 31 heavy (non-hydrogen) atoms. The van der Waals surface area contributed by atoms with Gasteiger partial charge in [0, 0.05) is 31.7 Å². The van der Waals surface area contributed by atoms with E-state index in [9.17, 15) is 4.79 Å². The van der Waals surface area contributed by atoms with E-state index in [4.69, 9.17) is 14.5 Å². The van der Waals surface area contributed by atoms with Crippen LogP contribution in [-0.2, 0) is 6.42 Å². The van der Waals surface area contributed by atoms with Crippen LogP contribution in [0.3, 0.4) is 0 Å². The van der Waals surface area contributed by atoms with Crippen molar-refractivity contribution in [2.75, 3.05) is 26.6 Å². The first kappa shape index (κ1) is 19.5. The average molecular weight is 418 g/mol. The smallest absolute Gasteiger partial charge is 0.282 e. The summed E-state index contributed by atoms with van der Waals surface area (Å²) >= 11 is 0.